The molecule has 164 valence electrons. The quantitative estimate of drug-likeness (QED) is 0.301. The molecule has 0 heterocycles. The van der Waals surface area contributed by atoms with Crippen LogP contribution in [0.15, 0.2) is 71.2 Å². The summed E-state index contributed by atoms with van der Waals surface area (Å²) >= 11 is 9.78. The van der Waals surface area contributed by atoms with Gasteiger partial charge in [0.25, 0.3) is 0 Å². The van der Waals surface area contributed by atoms with E-state index in [0.29, 0.717) is 24.3 Å². The molecule has 0 aliphatic rings. The Bertz CT molecular complexity index is 965. The van der Waals surface area contributed by atoms with Crippen molar-refractivity contribution in [3.63, 3.8) is 0 Å². The van der Waals surface area contributed by atoms with Crippen molar-refractivity contribution in [3.05, 3.63) is 92.9 Å². The van der Waals surface area contributed by atoms with Crippen molar-refractivity contribution < 1.29 is 9.47 Å². The lowest BCUT2D eigenvalue weighted by atomic mass is 10.1. The molecular weight excluding hydrogens is 474 g/mol. The minimum atomic E-state index is 0.404. The third-order valence-electron chi connectivity index (χ3n) is 5.05. The minimum absolute atomic E-state index is 0.404. The summed E-state index contributed by atoms with van der Waals surface area (Å²) in [7, 11) is 0. The Morgan fingerprint density at radius 3 is 2.42 bits per heavy atom. The molecular formula is C26H29BrClNO2. The van der Waals surface area contributed by atoms with Gasteiger partial charge in [-0.3, -0.25) is 0 Å². The van der Waals surface area contributed by atoms with Crippen LogP contribution < -0.4 is 14.8 Å². The normalized spacial score (nSPS) is 11.9. The fraction of sp³-hybridized carbons (Fsp3) is 0.308. The van der Waals surface area contributed by atoms with Crippen LogP contribution in [-0.2, 0) is 19.6 Å². The average Bonchev–Trinajstić information content (AvgIpc) is 2.77. The number of rotatable bonds is 11. The molecule has 0 saturated carbocycles. The van der Waals surface area contributed by atoms with Crippen molar-refractivity contribution in [2.75, 3.05) is 6.61 Å². The first kappa shape index (κ1) is 23.6. The lowest BCUT2D eigenvalue weighted by Crippen LogP contribution is -2.26. The highest BCUT2D eigenvalue weighted by Crippen LogP contribution is 2.34. The summed E-state index contributed by atoms with van der Waals surface area (Å²) in [6.45, 7) is 5.97. The Morgan fingerprint density at radius 1 is 0.935 bits per heavy atom. The standard InChI is InChI=1S/C26H29BrClNO2/c1-3-30-25-15-22(17-29-19(2)12-13-20-8-5-4-6-9-20)24(27)16-26(25)31-18-21-10-7-11-23(28)14-21/h4-11,14-16,19,29H,3,12-13,17-18H2,1-2H3. The van der Waals surface area contributed by atoms with E-state index in [-0.39, 0.29) is 0 Å². The second-order valence-corrected chi connectivity index (χ2v) is 8.84. The predicted molar refractivity (Wildman–Crippen MR) is 132 cm³/mol. The molecule has 0 bridgehead atoms. The van der Waals surface area contributed by atoms with Gasteiger partial charge in [-0.2, -0.15) is 0 Å². The Morgan fingerprint density at radius 2 is 1.68 bits per heavy atom. The van der Waals surface area contributed by atoms with Crippen LogP contribution in [0.1, 0.15) is 37.0 Å². The first-order valence-electron chi connectivity index (χ1n) is 10.6. The van der Waals surface area contributed by atoms with E-state index >= 15 is 0 Å². The summed E-state index contributed by atoms with van der Waals surface area (Å²) in [5.74, 6) is 1.47. The van der Waals surface area contributed by atoms with Crippen LogP contribution in [0.4, 0.5) is 0 Å². The Labute approximate surface area is 198 Å². The second-order valence-electron chi connectivity index (χ2n) is 7.55. The topological polar surface area (TPSA) is 30.5 Å². The monoisotopic (exact) mass is 501 g/mol. The van der Waals surface area contributed by atoms with Crippen molar-refractivity contribution in [2.24, 2.45) is 0 Å². The lowest BCUT2D eigenvalue weighted by Gasteiger charge is -2.18. The fourth-order valence-corrected chi connectivity index (χ4v) is 3.97. The maximum atomic E-state index is 6.08. The molecule has 0 aliphatic carbocycles. The molecule has 0 spiro atoms. The number of ether oxygens (including phenoxy) is 2. The molecule has 1 unspecified atom stereocenters. The van der Waals surface area contributed by atoms with Crippen molar-refractivity contribution in [3.8, 4) is 11.5 Å². The van der Waals surface area contributed by atoms with Gasteiger partial charge in [0.15, 0.2) is 11.5 Å². The van der Waals surface area contributed by atoms with Crippen LogP contribution in [0.2, 0.25) is 5.02 Å². The van der Waals surface area contributed by atoms with E-state index in [1.165, 1.54) is 5.56 Å². The molecule has 1 atom stereocenters. The molecule has 3 nitrogen and oxygen atoms in total. The van der Waals surface area contributed by atoms with Gasteiger partial charge in [-0.1, -0.05) is 70.0 Å². The van der Waals surface area contributed by atoms with Gasteiger partial charge in [0, 0.05) is 22.1 Å². The molecule has 0 aliphatic heterocycles. The average molecular weight is 503 g/mol. The molecule has 0 aromatic heterocycles. The van der Waals surface area contributed by atoms with Crippen LogP contribution in [0.5, 0.6) is 11.5 Å². The largest absolute Gasteiger partial charge is 0.490 e. The molecule has 0 amide bonds. The van der Waals surface area contributed by atoms with E-state index in [9.17, 15) is 0 Å². The molecule has 0 saturated heterocycles. The highest BCUT2D eigenvalue weighted by atomic mass is 79.9. The summed E-state index contributed by atoms with van der Waals surface area (Å²) in [5.41, 5.74) is 3.53. The van der Waals surface area contributed by atoms with Crippen molar-refractivity contribution in [1.82, 2.24) is 5.32 Å². The zero-order valence-corrected chi connectivity index (χ0v) is 20.4. The second kappa shape index (κ2) is 12.1. The van der Waals surface area contributed by atoms with E-state index in [2.05, 4.69) is 64.6 Å². The van der Waals surface area contributed by atoms with E-state index < -0.39 is 0 Å². The van der Waals surface area contributed by atoms with Crippen molar-refractivity contribution >= 4 is 27.5 Å². The van der Waals surface area contributed by atoms with Gasteiger partial charge in [-0.05, 0) is 67.6 Å². The molecule has 1 N–H and O–H groups in total. The fourth-order valence-electron chi connectivity index (χ4n) is 3.30. The van der Waals surface area contributed by atoms with Crippen molar-refractivity contribution in [2.45, 2.75) is 45.9 Å². The molecule has 3 rings (SSSR count). The van der Waals surface area contributed by atoms with Gasteiger partial charge in [-0.25, -0.2) is 0 Å². The number of aryl methyl sites for hydroxylation is 1. The summed E-state index contributed by atoms with van der Waals surface area (Å²) < 4.78 is 12.9. The number of hydrogen-bond donors (Lipinski definition) is 1. The first-order chi connectivity index (χ1) is 15.0. The van der Waals surface area contributed by atoms with Gasteiger partial charge in [0.05, 0.1) is 6.61 Å². The van der Waals surface area contributed by atoms with Gasteiger partial charge in [-0.15, -0.1) is 0 Å². The summed E-state index contributed by atoms with van der Waals surface area (Å²) in [6.07, 6.45) is 2.15. The summed E-state index contributed by atoms with van der Waals surface area (Å²) in [4.78, 5) is 0. The highest BCUT2D eigenvalue weighted by molar-refractivity contribution is 9.10. The van der Waals surface area contributed by atoms with E-state index in [0.717, 1.165) is 46.5 Å². The van der Waals surface area contributed by atoms with Gasteiger partial charge < -0.3 is 14.8 Å². The molecule has 3 aromatic carbocycles. The number of benzene rings is 3. The Balaban J connectivity index is 1.60. The molecule has 0 fully saturated rings. The van der Waals surface area contributed by atoms with Crippen LogP contribution >= 0.6 is 27.5 Å². The van der Waals surface area contributed by atoms with Crippen molar-refractivity contribution in [1.29, 1.82) is 0 Å². The smallest absolute Gasteiger partial charge is 0.162 e. The van der Waals surface area contributed by atoms with Crippen LogP contribution in [0.25, 0.3) is 0 Å². The minimum Gasteiger partial charge on any atom is -0.490 e. The van der Waals surface area contributed by atoms with E-state index in [1.54, 1.807) is 0 Å². The maximum Gasteiger partial charge on any atom is 0.162 e. The third kappa shape index (κ3) is 7.57. The molecule has 5 heteroatoms. The number of nitrogens with one attached hydrogen (secondary N) is 1. The summed E-state index contributed by atoms with van der Waals surface area (Å²) in [6, 6.07) is 22.7. The zero-order valence-electron chi connectivity index (χ0n) is 18.0. The SMILES string of the molecule is CCOc1cc(CNC(C)CCc2ccccc2)c(Br)cc1OCc1cccc(Cl)c1. The van der Waals surface area contributed by atoms with Gasteiger partial charge in [0.2, 0.25) is 0 Å². The van der Waals surface area contributed by atoms with Crippen LogP contribution in [0.3, 0.4) is 0 Å². The number of halogens is 2. The van der Waals surface area contributed by atoms with Crippen LogP contribution in [0, 0.1) is 0 Å². The maximum absolute atomic E-state index is 6.08. The molecule has 0 radical (unpaired) electrons. The predicted octanol–water partition coefficient (Wildman–Crippen LogP) is 7.19. The van der Waals surface area contributed by atoms with Gasteiger partial charge >= 0.3 is 0 Å². The summed E-state index contributed by atoms with van der Waals surface area (Å²) in [5, 5.41) is 4.33. The molecule has 31 heavy (non-hydrogen) atoms. The number of hydrogen-bond acceptors (Lipinski definition) is 3. The lowest BCUT2D eigenvalue weighted by molar-refractivity contribution is 0.269. The van der Waals surface area contributed by atoms with E-state index in [4.69, 9.17) is 21.1 Å². The third-order valence-corrected chi connectivity index (χ3v) is 6.02. The zero-order chi connectivity index (χ0) is 22.1. The van der Waals surface area contributed by atoms with E-state index in [1.807, 2.05) is 37.3 Å². The van der Waals surface area contributed by atoms with Gasteiger partial charge in [0.1, 0.15) is 6.61 Å². The Hall–Kier alpha value is -2.01. The molecule has 3 aromatic rings. The highest BCUT2D eigenvalue weighted by Gasteiger charge is 2.12. The Kier molecular flexibility index (Phi) is 9.26. The van der Waals surface area contributed by atoms with Crippen LogP contribution in [-0.4, -0.2) is 12.6 Å². The first-order valence-corrected chi connectivity index (χ1v) is 11.8.